The average molecular weight is 813 g/mol. The number of imidazole rings is 2. The van der Waals surface area contributed by atoms with Gasteiger partial charge in [-0.1, -0.05) is 0 Å². The number of nitrogens with zero attached hydrogens (tertiary/aromatic N) is 15. The molecule has 1 aromatic carbocycles. The topological polar surface area (TPSA) is 256 Å². The molecule has 0 amide bonds. The van der Waals surface area contributed by atoms with Crippen LogP contribution in [0.25, 0.3) is 45.5 Å². The monoisotopic (exact) mass is 812 g/mol. The molecule has 6 N–H and O–H groups in total. The molecule has 302 valence electrons. The fourth-order valence-corrected chi connectivity index (χ4v) is 6.36. The largest absolute Gasteiger partial charge is 0.497 e. The molecule has 61 heavy (non-hydrogen) atoms. The van der Waals surface area contributed by atoms with Crippen LogP contribution in [-0.2, 0) is 7.05 Å². The SMILES string of the molecule is COc1ccc(Nc2cc(-c3c(Nc4cc[nH]n4)nc4cccnn34)nc(C)n2)cc1.Cc1nc(Nc2cccnn2)cc(-c2c(N)nc3ccc(-c4ccn(C)n4)nn23)n1. The van der Waals surface area contributed by atoms with Crippen molar-refractivity contribution in [2.75, 3.05) is 28.8 Å². The van der Waals surface area contributed by atoms with Gasteiger partial charge in [0.25, 0.3) is 0 Å². The Hall–Kier alpha value is -8.88. The van der Waals surface area contributed by atoms with Gasteiger partial charge < -0.3 is 26.4 Å². The number of fused-ring (bicyclic) bond motifs is 2. The van der Waals surface area contributed by atoms with Crippen LogP contribution in [0, 0.1) is 13.8 Å². The van der Waals surface area contributed by atoms with E-state index in [1.807, 2.05) is 86.9 Å². The van der Waals surface area contributed by atoms with Gasteiger partial charge in [0, 0.05) is 55.7 Å². The van der Waals surface area contributed by atoms with E-state index < -0.39 is 0 Å². The molecule has 21 nitrogen and oxygen atoms in total. The summed E-state index contributed by atoms with van der Waals surface area (Å²) < 4.78 is 10.4. The van der Waals surface area contributed by atoms with Crippen molar-refractivity contribution in [2.45, 2.75) is 13.8 Å². The lowest BCUT2D eigenvalue weighted by Gasteiger charge is -2.10. The summed E-state index contributed by atoms with van der Waals surface area (Å²) in [6.45, 7) is 3.65. The minimum atomic E-state index is 0.323. The number of rotatable bonds is 10. The number of aryl methyl sites for hydroxylation is 3. The van der Waals surface area contributed by atoms with Gasteiger partial charge in [-0.15, -0.1) is 5.10 Å². The minimum absolute atomic E-state index is 0.323. The summed E-state index contributed by atoms with van der Waals surface area (Å²) in [5, 5.41) is 38.1. The molecule has 10 aromatic rings. The molecule has 10 rings (SSSR count). The van der Waals surface area contributed by atoms with E-state index in [2.05, 4.69) is 76.4 Å². The Balaban J connectivity index is 0.000000156. The number of benzene rings is 1. The van der Waals surface area contributed by atoms with E-state index in [4.69, 9.17) is 15.6 Å². The van der Waals surface area contributed by atoms with E-state index in [-0.39, 0.29) is 0 Å². The van der Waals surface area contributed by atoms with Crippen LogP contribution in [0.15, 0.2) is 110 Å². The Morgan fingerprint density at radius 3 is 2.08 bits per heavy atom. The summed E-state index contributed by atoms with van der Waals surface area (Å²) in [4.78, 5) is 27.2. The number of methoxy groups -OCH3 is 1. The molecule has 0 aliphatic heterocycles. The van der Waals surface area contributed by atoms with Gasteiger partial charge in [-0.3, -0.25) is 9.78 Å². The maximum absolute atomic E-state index is 6.24. The van der Waals surface area contributed by atoms with E-state index in [1.54, 1.807) is 64.5 Å². The summed E-state index contributed by atoms with van der Waals surface area (Å²) in [5.74, 6) is 5.33. The molecule has 0 fully saturated rings. The van der Waals surface area contributed by atoms with Crippen molar-refractivity contribution in [1.82, 2.24) is 79.3 Å². The third-order valence-corrected chi connectivity index (χ3v) is 8.97. The van der Waals surface area contributed by atoms with Crippen molar-refractivity contribution < 1.29 is 4.74 Å². The van der Waals surface area contributed by atoms with Gasteiger partial charge in [0.2, 0.25) is 0 Å². The van der Waals surface area contributed by atoms with Crippen LogP contribution in [0.5, 0.6) is 5.75 Å². The van der Waals surface area contributed by atoms with E-state index in [1.165, 1.54) is 0 Å². The first-order valence-corrected chi connectivity index (χ1v) is 18.7. The lowest BCUT2D eigenvalue weighted by atomic mass is 10.2. The zero-order chi connectivity index (χ0) is 41.9. The number of nitrogens with one attached hydrogen (secondary N) is 4. The van der Waals surface area contributed by atoms with Gasteiger partial charge in [0.1, 0.15) is 51.8 Å². The van der Waals surface area contributed by atoms with Crippen molar-refractivity contribution in [3.63, 3.8) is 0 Å². The van der Waals surface area contributed by atoms with E-state index in [0.29, 0.717) is 86.3 Å². The highest BCUT2D eigenvalue weighted by atomic mass is 16.5. The third-order valence-electron chi connectivity index (χ3n) is 8.97. The number of hydrogen-bond donors (Lipinski definition) is 5. The number of ether oxygens (including phenoxy) is 1. The Bertz CT molecular complexity index is 3100. The molecule has 0 aliphatic carbocycles. The van der Waals surface area contributed by atoms with Gasteiger partial charge in [0.15, 0.2) is 34.6 Å². The van der Waals surface area contributed by atoms with Crippen LogP contribution in [0.2, 0.25) is 0 Å². The van der Waals surface area contributed by atoms with Crippen molar-refractivity contribution >= 4 is 51.9 Å². The molecule has 9 aromatic heterocycles. The number of H-pyrrole nitrogens is 1. The first-order chi connectivity index (χ1) is 29.8. The van der Waals surface area contributed by atoms with E-state index >= 15 is 0 Å². The lowest BCUT2D eigenvalue weighted by Crippen LogP contribution is -2.04. The number of anilines is 7. The minimum Gasteiger partial charge on any atom is -0.497 e. The maximum atomic E-state index is 6.24. The number of aromatic nitrogens is 16. The highest BCUT2D eigenvalue weighted by molar-refractivity contribution is 5.78. The van der Waals surface area contributed by atoms with Crippen LogP contribution in [-0.4, -0.2) is 86.4 Å². The number of aromatic amines is 1. The second-order valence-electron chi connectivity index (χ2n) is 13.4. The van der Waals surface area contributed by atoms with Gasteiger partial charge >= 0.3 is 0 Å². The van der Waals surface area contributed by atoms with Gasteiger partial charge in [-0.25, -0.2) is 38.9 Å². The molecule has 0 radical (unpaired) electrons. The molecule has 0 saturated carbocycles. The molecule has 0 saturated heterocycles. The predicted octanol–water partition coefficient (Wildman–Crippen LogP) is 5.72. The average Bonchev–Trinajstić information content (AvgIpc) is 4.07. The first-order valence-electron chi connectivity index (χ1n) is 18.7. The summed E-state index contributed by atoms with van der Waals surface area (Å²) in [5.41, 5.74) is 12.4. The first kappa shape index (κ1) is 37.7. The Morgan fingerprint density at radius 1 is 0.639 bits per heavy atom. The van der Waals surface area contributed by atoms with Crippen molar-refractivity contribution in [3.8, 4) is 39.9 Å². The van der Waals surface area contributed by atoms with Crippen LogP contribution in [0.4, 0.5) is 40.6 Å². The fraction of sp³-hybridized carbons (Fsp3) is 0.100. The highest BCUT2D eigenvalue weighted by Gasteiger charge is 2.20. The van der Waals surface area contributed by atoms with Crippen LogP contribution < -0.4 is 26.4 Å². The van der Waals surface area contributed by atoms with Crippen LogP contribution >= 0.6 is 0 Å². The Kier molecular flexibility index (Phi) is 9.99. The molecule has 9 heterocycles. The summed E-state index contributed by atoms with van der Waals surface area (Å²) in [6.07, 6.45) is 6.91. The molecule has 0 aliphatic rings. The molecular formula is C40H36N20O. The zero-order valence-corrected chi connectivity index (χ0v) is 33.1. The molecular weight excluding hydrogens is 777 g/mol. The van der Waals surface area contributed by atoms with Gasteiger partial charge in [-0.05, 0) is 80.6 Å². The van der Waals surface area contributed by atoms with E-state index in [9.17, 15) is 0 Å². The van der Waals surface area contributed by atoms with Crippen LogP contribution in [0.3, 0.4) is 0 Å². The molecule has 0 atom stereocenters. The quantitative estimate of drug-likeness (QED) is 0.111. The Morgan fingerprint density at radius 2 is 1.38 bits per heavy atom. The zero-order valence-electron chi connectivity index (χ0n) is 33.1. The second-order valence-corrected chi connectivity index (χ2v) is 13.4. The van der Waals surface area contributed by atoms with Gasteiger partial charge in [0.05, 0.1) is 18.5 Å². The number of hydrogen-bond acceptors (Lipinski definition) is 17. The molecule has 0 bridgehead atoms. The number of nitrogen functional groups attached to an aromatic ring is 1. The highest BCUT2D eigenvalue weighted by Crippen LogP contribution is 2.32. The van der Waals surface area contributed by atoms with E-state index in [0.717, 1.165) is 17.1 Å². The maximum Gasteiger partial charge on any atom is 0.162 e. The predicted molar refractivity (Wildman–Crippen MR) is 228 cm³/mol. The van der Waals surface area contributed by atoms with Gasteiger partial charge in [-0.2, -0.15) is 25.5 Å². The number of nitrogens with two attached hydrogens (primary N) is 1. The lowest BCUT2D eigenvalue weighted by molar-refractivity contribution is 0.415. The molecule has 21 heteroatoms. The smallest absolute Gasteiger partial charge is 0.162 e. The third kappa shape index (κ3) is 8.14. The van der Waals surface area contributed by atoms with Crippen molar-refractivity contribution in [2.24, 2.45) is 7.05 Å². The summed E-state index contributed by atoms with van der Waals surface area (Å²) >= 11 is 0. The summed E-state index contributed by atoms with van der Waals surface area (Å²) in [7, 11) is 3.50. The van der Waals surface area contributed by atoms with Crippen molar-refractivity contribution in [3.05, 3.63) is 121 Å². The van der Waals surface area contributed by atoms with Crippen molar-refractivity contribution in [1.29, 1.82) is 0 Å². The normalized spacial score (nSPS) is 11.0. The summed E-state index contributed by atoms with van der Waals surface area (Å²) in [6, 6.07) is 26.0. The molecule has 0 unspecified atom stereocenters. The molecule has 0 spiro atoms. The standard InChI is InChI=1S/C21H19N9O.C19H17N11/c1-13-24-16(12-18(25-13)26-14-5-7-15(31-2)8-6-14)20-21(27-17-9-11-22-29-17)28-19-4-3-10-23-30(19)20;1-11-22-14(10-16(23-11)24-15-4-3-8-21-26-15)18-19(20)25-17-6-5-12(28-30(17)18)13-7-9-29(2)27-13/h3-12H,1-2H3,(H2,22,27,29)(H,24,25,26);3-10H,20H2,1-2H3,(H,22,23,24,26). The second kappa shape index (κ2) is 16.2. The Labute approximate surface area is 346 Å². The van der Waals surface area contributed by atoms with Crippen LogP contribution in [0.1, 0.15) is 11.6 Å². The fourth-order valence-electron chi connectivity index (χ4n) is 6.36.